The van der Waals surface area contributed by atoms with Crippen LogP contribution in [0.2, 0.25) is 0 Å². The van der Waals surface area contributed by atoms with Gasteiger partial charge in [-0.15, -0.1) is 0 Å². The molecule has 3 aliphatic rings. The Morgan fingerprint density at radius 2 is 2.10 bits per heavy atom. The molecule has 8 nitrogen and oxygen atoms in total. The molecule has 1 aliphatic carbocycles. The van der Waals surface area contributed by atoms with Crippen molar-refractivity contribution in [3.8, 4) is 0 Å². The van der Waals surface area contributed by atoms with Crippen LogP contribution >= 0.6 is 0 Å². The number of rotatable bonds is 4. The lowest BCUT2D eigenvalue weighted by Gasteiger charge is -2.34. The molecule has 0 bridgehead atoms. The summed E-state index contributed by atoms with van der Waals surface area (Å²) in [5.41, 5.74) is 13.1. The van der Waals surface area contributed by atoms with Crippen molar-refractivity contribution in [1.82, 2.24) is 20.1 Å². The van der Waals surface area contributed by atoms with Gasteiger partial charge in [0, 0.05) is 44.0 Å². The van der Waals surface area contributed by atoms with E-state index in [-0.39, 0.29) is 16.9 Å². The second kappa shape index (κ2) is 7.25. The number of piperidine rings is 1. The van der Waals surface area contributed by atoms with E-state index < -0.39 is 18.3 Å². The van der Waals surface area contributed by atoms with Crippen LogP contribution in [0, 0.1) is 17.3 Å². The molecule has 5 N–H and O–H groups in total. The summed E-state index contributed by atoms with van der Waals surface area (Å²) in [7, 11) is 0. The first kappa shape index (κ1) is 17.7. The van der Waals surface area contributed by atoms with Gasteiger partial charge in [-0.3, -0.25) is 26.1 Å². The molecule has 29 heavy (non-hydrogen) atoms. The van der Waals surface area contributed by atoms with E-state index in [2.05, 4.69) is 24.1 Å². The maximum Gasteiger partial charge on any atom is 0.320 e. The van der Waals surface area contributed by atoms with Gasteiger partial charge in [0.1, 0.15) is 0 Å². The number of urea groups is 1. The second-order valence-corrected chi connectivity index (χ2v) is 9.12. The minimum atomic E-state index is -2.13. The average Bonchev–Trinajstić information content (AvgIpc) is 3.33. The Kier molecular flexibility index (Phi) is 4.41. The molecular weight excluding hydrogens is 368 g/mol. The summed E-state index contributed by atoms with van der Waals surface area (Å²) in [6, 6.07) is 0.874. The molecule has 4 rings (SSSR count). The van der Waals surface area contributed by atoms with Crippen molar-refractivity contribution in [2.45, 2.75) is 51.8 Å². The molecule has 0 radical (unpaired) electrons. The van der Waals surface area contributed by atoms with Crippen molar-refractivity contribution in [3.63, 3.8) is 0 Å². The number of carbonyl (C=O) groups is 2. The molecule has 3 amide bonds. The Morgan fingerprint density at radius 1 is 1.38 bits per heavy atom. The van der Waals surface area contributed by atoms with Gasteiger partial charge in [0.25, 0.3) is 0 Å². The van der Waals surface area contributed by atoms with Crippen LogP contribution in [0.15, 0.2) is 18.5 Å². The number of nitrogens with zero attached hydrogens (tertiary/aromatic N) is 3. The number of amides is 3. The van der Waals surface area contributed by atoms with Crippen LogP contribution in [0.4, 0.5) is 4.79 Å². The van der Waals surface area contributed by atoms with Gasteiger partial charge in [-0.05, 0) is 48.1 Å². The highest BCUT2D eigenvalue weighted by atomic mass is 16.2. The lowest BCUT2D eigenvalue weighted by Crippen LogP contribution is -2.60. The third-order valence-corrected chi connectivity index (χ3v) is 6.61. The van der Waals surface area contributed by atoms with E-state index in [9.17, 15) is 9.59 Å². The monoisotopic (exact) mass is 402 g/mol. The van der Waals surface area contributed by atoms with Crippen LogP contribution < -0.4 is 16.8 Å². The fourth-order valence-corrected chi connectivity index (χ4v) is 4.67. The Bertz CT molecular complexity index is 847. The smallest absolute Gasteiger partial charge is 0.320 e. The number of fused-ring (bicyclic) bond motifs is 1. The fourth-order valence-electron chi connectivity index (χ4n) is 4.67. The Morgan fingerprint density at radius 3 is 2.76 bits per heavy atom. The summed E-state index contributed by atoms with van der Waals surface area (Å²) >= 11 is 0. The predicted molar refractivity (Wildman–Crippen MR) is 109 cm³/mol. The van der Waals surface area contributed by atoms with Crippen LogP contribution in [-0.2, 0) is 17.1 Å². The number of pyridine rings is 1. The topological polar surface area (TPSA) is 118 Å². The number of nitrogens with two attached hydrogens (primary N) is 2. The summed E-state index contributed by atoms with van der Waals surface area (Å²) in [5, 5.41) is 2.85. The molecule has 1 unspecified atom stereocenters. The zero-order chi connectivity index (χ0) is 22.6. The summed E-state index contributed by atoms with van der Waals surface area (Å²) in [4.78, 5) is 32.0. The zero-order valence-electron chi connectivity index (χ0n) is 19.1. The van der Waals surface area contributed by atoms with E-state index in [1.807, 2.05) is 4.90 Å². The highest BCUT2D eigenvalue weighted by molar-refractivity contribution is 5.77. The predicted octanol–water partition coefficient (Wildman–Crippen LogP) is 1.31. The first-order valence-electron chi connectivity index (χ1n) is 11.4. The molecule has 1 saturated heterocycles. The van der Waals surface area contributed by atoms with Gasteiger partial charge in [0.2, 0.25) is 5.91 Å². The molecule has 3 heterocycles. The van der Waals surface area contributed by atoms with Gasteiger partial charge in [-0.2, -0.15) is 0 Å². The molecule has 1 atom stereocenters. The van der Waals surface area contributed by atoms with E-state index in [0.29, 0.717) is 30.4 Å². The molecule has 1 aromatic rings. The average molecular weight is 403 g/mol. The molecule has 2 fully saturated rings. The number of hydrogen-bond acceptors (Lipinski definition) is 5. The Balaban J connectivity index is 1.34. The van der Waals surface area contributed by atoms with Gasteiger partial charge >= 0.3 is 6.03 Å². The largest absolute Gasteiger partial charge is 0.343 e. The SMILES string of the molecule is [2H]C1([2H])c2ccncc2C(N)(N)N1C(=O)NCC1CC12CCN(C(=O)CC(C)C)CC2. The number of likely N-dealkylation sites (tertiary alicyclic amines) is 1. The van der Waals surface area contributed by atoms with Crippen molar-refractivity contribution in [1.29, 1.82) is 0 Å². The van der Waals surface area contributed by atoms with Crippen LogP contribution in [0.5, 0.6) is 0 Å². The molecule has 1 spiro atoms. The number of nitrogens with one attached hydrogen (secondary N) is 1. The van der Waals surface area contributed by atoms with E-state index in [1.54, 1.807) is 0 Å². The van der Waals surface area contributed by atoms with E-state index in [0.717, 1.165) is 37.3 Å². The molecule has 2 aliphatic heterocycles. The lowest BCUT2D eigenvalue weighted by molar-refractivity contribution is -0.133. The van der Waals surface area contributed by atoms with Crippen molar-refractivity contribution in [2.75, 3.05) is 19.6 Å². The highest BCUT2D eigenvalue weighted by Crippen LogP contribution is 2.59. The molecule has 158 valence electrons. The maximum atomic E-state index is 12.9. The van der Waals surface area contributed by atoms with E-state index in [1.165, 1.54) is 18.5 Å². The van der Waals surface area contributed by atoms with Gasteiger partial charge in [-0.1, -0.05) is 13.8 Å². The van der Waals surface area contributed by atoms with Crippen molar-refractivity contribution < 1.29 is 12.3 Å². The van der Waals surface area contributed by atoms with Crippen LogP contribution in [0.3, 0.4) is 0 Å². The number of carbonyl (C=O) groups excluding carboxylic acids is 2. The van der Waals surface area contributed by atoms with Crippen molar-refractivity contribution in [2.24, 2.45) is 28.7 Å². The maximum absolute atomic E-state index is 12.9. The summed E-state index contributed by atoms with van der Waals surface area (Å²) in [5.74, 6) is -0.872. The molecule has 0 aromatic carbocycles. The van der Waals surface area contributed by atoms with Crippen molar-refractivity contribution in [3.05, 3.63) is 29.6 Å². The molecule has 8 heteroatoms. The van der Waals surface area contributed by atoms with Crippen LogP contribution in [0.1, 0.15) is 53.4 Å². The third kappa shape index (κ3) is 3.71. The minimum absolute atomic E-state index is 0.168. The zero-order valence-corrected chi connectivity index (χ0v) is 17.1. The Hall–Kier alpha value is -2.19. The summed E-state index contributed by atoms with van der Waals surface area (Å²) in [6.07, 6.45) is 6.34. The summed E-state index contributed by atoms with van der Waals surface area (Å²) in [6.45, 7) is 3.95. The van der Waals surface area contributed by atoms with Crippen molar-refractivity contribution >= 4 is 11.9 Å². The molecular formula is C21H32N6O2. The van der Waals surface area contributed by atoms with Crippen LogP contribution in [0.25, 0.3) is 0 Å². The van der Waals surface area contributed by atoms with E-state index in [4.69, 9.17) is 14.2 Å². The van der Waals surface area contributed by atoms with E-state index >= 15 is 0 Å². The third-order valence-electron chi connectivity index (χ3n) is 6.61. The minimum Gasteiger partial charge on any atom is -0.343 e. The standard InChI is InChI=1S/C21H32N6O2/c1-14(2)9-18(28)26-7-4-20(5-8-26)10-16(20)11-25-19(29)27-13-15-3-6-24-12-17(15)21(27,22)23/h3,6,12,14,16H,4-5,7-11,13,22-23H2,1-2H3,(H,25,29)/i13D2. The second-order valence-electron chi connectivity index (χ2n) is 9.12. The number of aromatic nitrogens is 1. The molecule has 1 aromatic heterocycles. The first-order valence-corrected chi connectivity index (χ1v) is 10.4. The quantitative estimate of drug-likeness (QED) is 0.657. The summed E-state index contributed by atoms with van der Waals surface area (Å²) < 4.78 is 16.8. The van der Waals surface area contributed by atoms with Gasteiger partial charge < -0.3 is 10.2 Å². The number of hydrogen-bond donors (Lipinski definition) is 3. The fraction of sp³-hybridized carbons (Fsp3) is 0.667. The van der Waals surface area contributed by atoms with Crippen LogP contribution in [-0.4, -0.2) is 46.4 Å². The molecule has 1 saturated carbocycles. The Labute approximate surface area is 174 Å². The highest BCUT2D eigenvalue weighted by Gasteiger charge is 2.55. The first-order chi connectivity index (χ1) is 14.5. The van der Waals surface area contributed by atoms with Gasteiger partial charge in [0.15, 0.2) is 5.79 Å². The van der Waals surface area contributed by atoms with Gasteiger partial charge in [0.05, 0.1) is 9.24 Å². The van der Waals surface area contributed by atoms with Gasteiger partial charge in [-0.25, -0.2) is 4.79 Å². The normalized spacial score (nSPS) is 26.7. The lowest BCUT2D eigenvalue weighted by atomic mass is 9.90.